The van der Waals surface area contributed by atoms with Crippen molar-refractivity contribution in [3.8, 4) is 0 Å². The van der Waals surface area contributed by atoms with Crippen LogP contribution in [0.5, 0.6) is 0 Å². The van der Waals surface area contributed by atoms with Gasteiger partial charge in [-0.05, 0) is 25.0 Å². The van der Waals surface area contributed by atoms with E-state index in [2.05, 4.69) is 5.32 Å². The summed E-state index contributed by atoms with van der Waals surface area (Å²) in [4.78, 5) is 25.2. The predicted molar refractivity (Wildman–Crippen MR) is 84.7 cm³/mol. The van der Waals surface area contributed by atoms with E-state index in [1.807, 2.05) is 31.2 Å². The summed E-state index contributed by atoms with van der Waals surface area (Å²) >= 11 is 0. The molecule has 0 aromatic heterocycles. The van der Waals surface area contributed by atoms with Crippen molar-refractivity contribution >= 4 is 17.5 Å². The summed E-state index contributed by atoms with van der Waals surface area (Å²) in [6, 6.07) is 7.44. The SMILES string of the molecule is CCCC(C)(N)C(=O)Nc1ccccc1CN(C)C(C)=O. The van der Waals surface area contributed by atoms with Gasteiger partial charge in [0, 0.05) is 26.2 Å². The molecule has 1 aromatic carbocycles. The number of hydrogen-bond donors (Lipinski definition) is 2. The van der Waals surface area contributed by atoms with Crippen LogP contribution in [0.15, 0.2) is 24.3 Å². The van der Waals surface area contributed by atoms with Crippen molar-refractivity contribution in [2.24, 2.45) is 5.73 Å². The minimum atomic E-state index is -0.895. The van der Waals surface area contributed by atoms with Crippen molar-refractivity contribution in [3.05, 3.63) is 29.8 Å². The Morgan fingerprint density at radius 2 is 1.95 bits per heavy atom. The monoisotopic (exact) mass is 291 g/mol. The molecule has 0 spiro atoms. The van der Waals surface area contributed by atoms with Gasteiger partial charge in [-0.3, -0.25) is 9.59 Å². The average Bonchev–Trinajstić information content (AvgIpc) is 2.40. The summed E-state index contributed by atoms with van der Waals surface area (Å²) in [5.74, 6) is -0.229. The third-order valence-electron chi connectivity index (χ3n) is 3.50. The molecule has 0 saturated carbocycles. The Kier molecular flexibility index (Phi) is 5.90. The molecule has 1 rings (SSSR count). The Bertz CT molecular complexity index is 512. The van der Waals surface area contributed by atoms with Crippen LogP contribution in [0.1, 0.15) is 39.2 Å². The number of carbonyl (C=O) groups excluding carboxylic acids is 2. The van der Waals surface area contributed by atoms with Crippen LogP contribution in [0, 0.1) is 0 Å². The van der Waals surface area contributed by atoms with Gasteiger partial charge in [0.05, 0.1) is 5.54 Å². The number of nitrogens with zero attached hydrogens (tertiary/aromatic N) is 1. The molecule has 5 heteroatoms. The number of amides is 2. The summed E-state index contributed by atoms with van der Waals surface area (Å²) in [5.41, 5.74) is 6.73. The fourth-order valence-electron chi connectivity index (χ4n) is 2.04. The molecular weight excluding hydrogens is 266 g/mol. The molecule has 0 saturated heterocycles. The standard InChI is InChI=1S/C16H25N3O2/c1-5-10-16(3,17)15(21)18-14-9-7-6-8-13(14)11-19(4)12(2)20/h6-9H,5,10-11,17H2,1-4H3,(H,18,21). The van der Waals surface area contributed by atoms with Crippen LogP contribution in [0.4, 0.5) is 5.69 Å². The Hall–Kier alpha value is -1.88. The van der Waals surface area contributed by atoms with Crippen LogP contribution in [0.25, 0.3) is 0 Å². The van der Waals surface area contributed by atoms with Gasteiger partial charge >= 0.3 is 0 Å². The Morgan fingerprint density at radius 3 is 2.52 bits per heavy atom. The van der Waals surface area contributed by atoms with Crippen LogP contribution < -0.4 is 11.1 Å². The lowest BCUT2D eigenvalue weighted by atomic mass is 9.96. The largest absolute Gasteiger partial charge is 0.342 e. The fourth-order valence-corrected chi connectivity index (χ4v) is 2.04. The second kappa shape index (κ2) is 7.22. The number of carbonyl (C=O) groups is 2. The van der Waals surface area contributed by atoms with Crippen molar-refractivity contribution in [3.63, 3.8) is 0 Å². The number of hydrogen-bond acceptors (Lipinski definition) is 3. The molecule has 5 nitrogen and oxygen atoms in total. The summed E-state index contributed by atoms with van der Waals surface area (Å²) in [6.07, 6.45) is 1.46. The van der Waals surface area contributed by atoms with E-state index in [9.17, 15) is 9.59 Å². The molecule has 116 valence electrons. The minimum absolute atomic E-state index is 0.0224. The van der Waals surface area contributed by atoms with Gasteiger partial charge in [-0.2, -0.15) is 0 Å². The molecule has 0 heterocycles. The first-order valence-corrected chi connectivity index (χ1v) is 7.18. The molecule has 3 N–H and O–H groups in total. The highest BCUT2D eigenvalue weighted by molar-refractivity contribution is 5.98. The van der Waals surface area contributed by atoms with Gasteiger partial charge in [-0.15, -0.1) is 0 Å². The first-order valence-electron chi connectivity index (χ1n) is 7.18. The molecule has 0 radical (unpaired) electrons. The zero-order valence-corrected chi connectivity index (χ0v) is 13.3. The van der Waals surface area contributed by atoms with E-state index in [-0.39, 0.29) is 11.8 Å². The van der Waals surface area contributed by atoms with Crippen molar-refractivity contribution in [2.75, 3.05) is 12.4 Å². The third-order valence-corrected chi connectivity index (χ3v) is 3.50. The third kappa shape index (κ3) is 4.86. The van der Waals surface area contributed by atoms with Gasteiger partial charge in [-0.1, -0.05) is 31.5 Å². The maximum Gasteiger partial charge on any atom is 0.244 e. The normalized spacial score (nSPS) is 13.4. The molecule has 1 aromatic rings. The van der Waals surface area contributed by atoms with Gasteiger partial charge in [-0.25, -0.2) is 0 Å². The van der Waals surface area contributed by atoms with E-state index in [0.717, 1.165) is 12.0 Å². The highest BCUT2D eigenvalue weighted by Crippen LogP contribution is 2.19. The smallest absolute Gasteiger partial charge is 0.244 e. The highest BCUT2D eigenvalue weighted by atomic mass is 16.2. The molecule has 1 atom stereocenters. The van der Waals surface area contributed by atoms with Crippen LogP contribution in [0.3, 0.4) is 0 Å². The van der Waals surface area contributed by atoms with Gasteiger partial charge in [0.1, 0.15) is 0 Å². The summed E-state index contributed by atoms with van der Waals surface area (Å²) < 4.78 is 0. The molecule has 0 aliphatic rings. The molecular formula is C16H25N3O2. The lowest BCUT2D eigenvalue weighted by molar-refractivity contribution is -0.128. The average molecular weight is 291 g/mol. The molecule has 0 aliphatic carbocycles. The summed E-state index contributed by atoms with van der Waals surface area (Å²) in [5, 5.41) is 2.88. The van der Waals surface area contributed by atoms with Gasteiger partial charge in [0.25, 0.3) is 0 Å². The Balaban J connectivity index is 2.89. The zero-order valence-electron chi connectivity index (χ0n) is 13.3. The first-order chi connectivity index (χ1) is 9.77. The molecule has 0 fully saturated rings. The summed E-state index contributed by atoms with van der Waals surface area (Å²) in [7, 11) is 1.73. The number of anilines is 1. The quantitative estimate of drug-likeness (QED) is 0.843. The minimum Gasteiger partial charge on any atom is -0.342 e. The van der Waals surface area contributed by atoms with Gasteiger partial charge in [0.15, 0.2) is 0 Å². The van der Waals surface area contributed by atoms with E-state index in [1.165, 1.54) is 6.92 Å². The first kappa shape index (κ1) is 17.2. The Labute approximate surface area is 126 Å². The topological polar surface area (TPSA) is 75.4 Å². The van der Waals surface area contributed by atoms with E-state index in [4.69, 9.17) is 5.73 Å². The van der Waals surface area contributed by atoms with Crippen LogP contribution in [0.2, 0.25) is 0 Å². The second-order valence-electron chi connectivity index (χ2n) is 5.65. The van der Waals surface area contributed by atoms with Crippen LogP contribution in [-0.4, -0.2) is 29.3 Å². The zero-order chi connectivity index (χ0) is 16.0. The maximum atomic E-state index is 12.3. The van der Waals surface area contributed by atoms with E-state index in [0.29, 0.717) is 18.7 Å². The lowest BCUT2D eigenvalue weighted by Gasteiger charge is -2.24. The fraction of sp³-hybridized carbons (Fsp3) is 0.500. The van der Waals surface area contributed by atoms with Crippen LogP contribution >= 0.6 is 0 Å². The molecule has 0 aliphatic heterocycles. The molecule has 0 bridgehead atoms. The summed E-state index contributed by atoms with van der Waals surface area (Å²) in [6.45, 7) is 5.69. The predicted octanol–water partition coefficient (Wildman–Crippen LogP) is 2.12. The second-order valence-corrected chi connectivity index (χ2v) is 5.65. The van der Waals surface area contributed by atoms with E-state index < -0.39 is 5.54 Å². The van der Waals surface area contributed by atoms with Crippen molar-refractivity contribution < 1.29 is 9.59 Å². The van der Waals surface area contributed by atoms with E-state index in [1.54, 1.807) is 18.9 Å². The maximum absolute atomic E-state index is 12.3. The Morgan fingerprint density at radius 1 is 1.33 bits per heavy atom. The molecule has 2 amide bonds. The number of benzene rings is 1. The van der Waals surface area contributed by atoms with Crippen molar-refractivity contribution in [2.45, 2.75) is 45.7 Å². The van der Waals surface area contributed by atoms with Crippen molar-refractivity contribution in [1.29, 1.82) is 0 Å². The highest BCUT2D eigenvalue weighted by Gasteiger charge is 2.27. The lowest BCUT2D eigenvalue weighted by Crippen LogP contribution is -2.48. The number of nitrogens with one attached hydrogen (secondary N) is 1. The number of nitrogens with two attached hydrogens (primary N) is 1. The number of para-hydroxylation sites is 1. The van der Waals surface area contributed by atoms with E-state index >= 15 is 0 Å². The van der Waals surface area contributed by atoms with Crippen molar-refractivity contribution in [1.82, 2.24) is 4.90 Å². The van der Waals surface area contributed by atoms with Gasteiger partial charge < -0.3 is 16.0 Å². The number of rotatable bonds is 6. The molecule has 1 unspecified atom stereocenters. The van der Waals surface area contributed by atoms with Crippen LogP contribution in [-0.2, 0) is 16.1 Å². The van der Waals surface area contributed by atoms with Gasteiger partial charge in [0.2, 0.25) is 11.8 Å². The molecule has 21 heavy (non-hydrogen) atoms.